The zero-order valence-corrected chi connectivity index (χ0v) is 12.2. The Bertz CT molecular complexity index is 258. The lowest BCUT2D eigenvalue weighted by atomic mass is 9.63. The van der Waals surface area contributed by atoms with Crippen molar-refractivity contribution in [1.29, 1.82) is 0 Å². The fourth-order valence-electron chi connectivity index (χ4n) is 4.99. The molecule has 0 aromatic heterocycles. The van der Waals surface area contributed by atoms with E-state index in [0.29, 0.717) is 0 Å². The van der Waals surface area contributed by atoms with Crippen molar-refractivity contribution in [2.24, 2.45) is 23.7 Å². The van der Waals surface area contributed by atoms with Gasteiger partial charge >= 0.3 is 0 Å². The lowest BCUT2D eigenvalue weighted by molar-refractivity contribution is 0.0758. The Labute approximate surface area is 113 Å². The van der Waals surface area contributed by atoms with Crippen LogP contribution in [0.4, 0.5) is 0 Å². The molecule has 0 spiro atoms. The van der Waals surface area contributed by atoms with Gasteiger partial charge in [-0.2, -0.15) is 0 Å². The van der Waals surface area contributed by atoms with Crippen molar-refractivity contribution >= 4 is 0 Å². The molecule has 0 heterocycles. The summed E-state index contributed by atoms with van der Waals surface area (Å²) in [6.07, 6.45) is 15.2. The fourth-order valence-corrected chi connectivity index (χ4v) is 4.99. The average Bonchev–Trinajstić information content (AvgIpc) is 2.35. The standard InChI is InChI=1S/C17H31N/c1-2-18-17(14-8-5-9-14)16-11-10-13-6-3-4-7-15(13)12-16/h13-18H,2-12H2,1H3. The number of nitrogens with one attached hydrogen (secondary N) is 1. The Morgan fingerprint density at radius 3 is 2.28 bits per heavy atom. The molecule has 0 aromatic carbocycles. The smallest absolute Gasteiger partial charge is 0.0124 e. The van der Waals surface area contributed by atoms with Gasteiger partial charge < -0.3 is 5.32 Å². The number of hydrogen-bond donors (Lipinski definition) is 1. The molecule has 0 radical (unpaired) electrons. The first-order valence-corrected chi connectivity index (χ1v) is 8.62. The second kappa shape index (κ2) is 5.94. The molecule has 3 rings (SSSR count). The lowest BCUT2D eigenvalue weighted by Gasteiger charge is -2.46. The highest BCUT2D eigenvalue weighted by molar-refractivity contribution is 4.93. The summed E-state index contributed by atoms with van der Waals surface area (Å²) in [5, 5.41) is 3.85. The Morgan fingerprint density at radius 1 is 0.833 bits per heavy atom. The average molecular weight is 249 g/mol. The maximum absolute atomic E-state index is 3.85. The molecule has 0 aromatic rings. The van der Waals surface area contributed by atoms with Crippen LogP contribution in [0.1, 0.15) is 71.1 Å². The summed E-state index contributed by atoms with van der Waals surface area (Å²) in [6.45, 7) is 3.46. The van der Waals surface area contributed by atoms with Gasteiger partial charge in [0.15, 0.2) is 0 Å². The van der Waals surface area contributed by atoms with Crippen molar-refractivity contribution in [3.63, 3.8) is 0 Å². The highest BCUT2D eigenvalue weighted by Crippen LogP contribution is 2.46. The maximum Gasteiger partial charge on any atom is 0.0124 e. The van der Waals surface area contributed by atoms with Crippen LogP contribution in [0.15, 0.2) is 0 Å². The van der Waals surface area contributed by atoms with E-state index in [9.17, 15) is 0 Å². The molecule has 18 heavy (non-hydrogen) atoms. The highest BCUT2D eigenvalue weighted by Gasteiger charge is 2.38. The summed E-state index contributed by atoms with van der Waals surface area (Å²) < 4.78 is 0. The van der Waals surface area contributed by atoms with Crippen molar-refractivity contribution in [2.75, 3.05) is 6.54 Å². The van der Waals surface area contributed by atoms with Crippen LogP contribution in [0.3, 0.4) is 0 Å². The summed E-state index contributed by atoms with van der Waals surface area (Å²) in [7, 11) is 0. The highest BCUT2D eigenvalue weighted by atomic mass is 14.9. The van der Waals surface area contributed by atoms with Crippen molar-refractivity contribution < 1.29 is 0 Å². The van der Waals surface area contributed by atoms with Crippen LogP contribution < -0.4 is 5.32 Å². The largest absolute Gasteiger partial charge is 0.314 e. The van der Waals surface area contributed by atoms with E-state index in [-0.39, 0.29) is 0 Å². The van der Waals surface area contributed by atoms with E-state index >= 15 is 0 Å². The third-order valence-corrected chi connectivity index (χ3v) is 6.19. The predicted octanol–water partition coefficient (Wildman–Crippen LogP) is 4.37. The van der Waals surface area contributed by atoms with E-state index in [0.717, 1.165) is 29.7 Å². The van der Waals surface area contributed by atoms with Gasteiger partial charge in [-0.3, -0.25) is 0 Å². The topological polar surface area (TPSA) is 12.0 Å². The van der Waals surface area contributed by atoms with E-state index in [1.807, 2.05) is 0 Å². The van der Waals surface area contributed by atoms with Gasteiger partial charge in [0.1, 0.15) is 0 Å². The van der Waals surface area contributed by atoms with Crippen LogP contribution in [0, 0.1) is 23.7 Å². The zero-order chi connectivity index (χ0) is 12.4. The second-order valence-electron chi connectivity index (χ2n) is 7.15. The fraction of sp³-hybridized carbons (Fsp3) is 1.00. The Morgan fingerprint density at radius 2 is 1.61 bits per heavy atom. The molecule has 4 unspecified atom stereocenters. The molecular weight excluding hydrogens is 218 g/mol. The SMILES string of the molecule is CCNC(C1CCC1)C1CCC2CCCCC2C1. The van der Waals surface area contributed by atoms with Crippen LogP contribution in [-0.2, 0) is 0 Å². The molecule has 3 aliphatic rings. The van der Waals surface area contributed by atoms with Gasteiger partial charge in [-0.05, 0) is 62.3 Å². The third kappa shape index (κ3) is 2.61. The first kappa shape index (κ1) is 13.0. The predicted molar refractivity (Wildman–Crippen MR) is 77.6 cm³/mol. The first-order valence-electron chi connectivity index (χ1n) is 8.62. The number of hydrogen-bond acceptors (Lipinski definition) is 1. The molecule has 0 aliphatic heterocycles. The van der Waals surface area contributed by atoms with E-state index < -0.39 is 0 Å². The molecule has 1 heteroatoms. The monoisotopic (exact) mass is 249 g/mol. The summed E-state index contributed by atoms with van der Waals surface area (Å²) in [5.74, 6) is 4.24. The van der Waals surface area contributed by atoms with Crippen molar-refractivity contribution in [1.82, 2.24) is 5.32 Å². The molecular formula is C17H31N. The van der Waals surface area contributed by atoms with E-state index in [1.54, 1.807) is 25.7 Å². The molecule has 1 N–H and O–H groups in total. The van der Waals surface area contributed by atoms with E-state index in [4.69, 9.17) is 0 Å². The first-order chi connectivity index (χ1) is 8.88. The number of fused-ring (bicyclic) bond motifs is 1. The Balaban J connectivity index is 1.60. The van der Waals surface area contributed by atoms with Gasteiger partial charge in [-0.1, -0.05) is 39.0 Å². The summed E-state index contributed by atoms with van der Waals surface area (Å²) >= 11 is 0. The Kier molecular flexibility index (Phi) is 4.28. The summed E-state index contributed by atoms with van der Waals surface area (Å²) in [6, 6.07) is 0.867. The number of rotatable bonds is 4. The molecule has 0 bridgehead atoms. The molecule has 4 atom stereocenters. The van der Waals surface area contributed by atoms with Crippen molar-refractivity contribution in [2.45, 2.75) is 77.2 Å². The molecule has 3 saturated carbocycles. The van der Waals surface area contributed by atoms with Crippen LogP contribution >= 0.6 is 0 Å². The van der Waals surface area contributed by atoms with Crippen LogP contribution in [0.2, 0.25) is 0 Å². The molecule has 0 saturated heterocycles. The van der Waals surface area contributed by atoms with E-state index in [2.05, 4.69) is 12.2 Å². The molecule has 3 aliphatic carbocycles. The van der Waals surface area contributed by atoms with Crippen LogP contribution in [-0.4, -0.2) is 12.6 Å². The van der Waals surface area contributed by atoms with Gasteiger partial charge in [0.25, 0.3) is 0 Å². The van der Waals surface area contributed by atoms with Gasteiger partial charge in [0.05, 0.1) is 0 Å². The second-order valence-corrected chi connectivity index (χ2v) is 7.15. The Hall–Kier alpha value is -0.0400. The minimum atomic E-state index is 0.867. The summed E-state index contributed by atoms with van der Waals surface area (Å²) in [5.41, 5.74) is 0. The molecule has 1 nitrogen and oxygen atoms in total. The minimum absolute atomic E-state index is 0.867. The van der Waals surface area contributed by atoms with E-state index in [1.165, 1.54) is 45.1 Å². The third-order valence-electron chi connectivity index (χ3n) is 6.19. The van der Waals surface area contributed by atoms with Crippen LogP contribution in [0.25, 0.3) is 0 Å². The maximum atomic E-state index is 3.85. The summed E-state index contributed by atoms with van der Waals surface area (Å²) in [4.78, 5) is 0. The van der Waals surface area contributed by atoms with Gasteiger partial charge in [-0.25, -0.2) is 0 Å². The molecule has 3 fully saturated rings. The van der Waals surface area contributed by atoms with Crippen LogP contribution in [0.5, 0.6) is 0 Å². The van der Waals surface area contributed by atoms with Gasteiger partial charge in [-0.15, -0.1) is 0 Å². The van der Waals surface area contributed by atoms with Gasteiger partial charge in [0, 0.05) is 6.04 Å². The van der Waals surface area contributed by atoms with Crippen molar-refractivity contribution in [3.8, 4) is 0 Å². The van der Waals surface area contributed by atoms with Gasteiger partial charge in [0.2, 0.25) is 0 Å². The van der Waals surface area contributed by atoms with Crippen molar-refractivity contribution in [3.05, 3.63) is 0 Å². The zero-order valence-electron chi connectivity index (χ0n) is 12.2. The molecule has 0 amide bonds. The minimum Gasteiger partial charge on any atom is -0.314 e. The normalized spacial score (nSPS) is 38.8. The molecule has 104 valence electrons. The quantitative estimate of drug-likeness (QED) is 0.780. The lowest BCUT2D eigenvalue weighted by Crippen LogP contribution is -2.47.